The third-order valence-electron chi connectivity index (χ3n) is 8.88. The average molecular weight is 441 g/mol. The highest BCUT2D eigenvalue weighted by Gasteiger charge is 2.60. The summed E-state index contributed by atoms with van der Waals surface area (Å²) in [6.45, 7) is 13.8. The number of carboxylic acid groups (broad SMARTS) is 1. The summed E-state index contributed by atoms with van der Waals surface area (Å²) in [5, 5.41) is 9.02. The Kier molecular flexibility index (Phi) is 4.84. The predicted octanol–water partition coefficient (Wildman–Crippen LogP) is 7.58. The van der Waals surface area contributed by atoms with Gasteiger partial charge in [-0.25, -0.2) is 4.79 Å². The minimum Gasteiger partial charge on any atom is -0.478 e. The maximum absolute atomic E-state index is 11.0. The van der Waals surface area contributed by atoms with Crippen LogP contribution in [0.2, 0.25) is 0 Å². The number of aliphatic carboxylic acids is 1. The van der Waals surface area contributed by atoms with E-state index in [2.05, 4.69) is 77.1 Å². The van der Waals surface area contributed by atoms with Gasteiger partial charge in [-0.15, -0.1) is 0 Å². The molecular formula is C31H36O2. The van der Waals surface area contributed by atoms with Crippen molar-refractivity contribution in [2.75, 3.05) is 0 Å². The Hall–Kier alpha value is -2.61. The predicted molar refractivity (Wildman–Crippen MR) is 137 cm³/mol. The van der Waals surface area contributed by atoms with Crippen LogP contribution in [-0.2, 0) is 21.0 Å². The summed E-state index contributed by atoms with van der Waals surface area (Å²) in [4.78, 5) is 11.0. The van der Waals surface area contributed by atoms with E-state index in [4.69, 9.17) is 5.11 Å². The largest absolute Gasteiger partial charge is 0.478 e. The molecule has 2 aromatic carbocycles. The molecule has 1 fully saturated rings. The van der Waals surface area contributed by atoms with E-state index in [1.54, 1.807) is 16.7 Å². The fourth-order valence-electron chi connectivity index (χ4n) is 6.55. The van der Waals surface area contributed by atoms with Crippen molar-refractivity contribution >= 4 is 17.1 Å². The summed E-state index contributed by atoms with van der Waals surface area (Å²) in [6, 6.07) is 13.6. The number of hydrogen-bond acceptors (Lipinski definition) is 1. The highest BCUT2D eigenvalue weighted by Crippen LogP contribution is 2.67. The zero-order valence-electron chi connectivity index (χ0n) is 20.9. The molecular weight excluding hydrogens is 404 g/mol. The number of aryl methyl sites for hydroxylation is 1. The third kappa shape index (κ3) is 3.50. The van der Waals surface area contributed by atoms with Crippen molar-refractivity contribution < 1.29 is 9.90 Å². The van der Waals surface area contributed by atoms with Gasteiger partial charge in [-0.3, -0.25) is 0 Å². The van der Waals surface area contributed by atoms with Gasteiger partial charge in [-0.05, 0) is 101 Å². The molecule has 0 aromatic heterocycles. The van der Waals surface area contributed by atoms with E-state index in [1.165, 1.54) is 42.0 Å². The number of rotatable bonds is 4. The van der Waals surface area contributed by atoms with Gasteiger partial charge >= 0.3 is 5.97 Å². The van der Waals surface area contributed by atoms with Gasteiger partial charge < -0.3 is 5.11 Å². The van der Waals surface area contributed by atoms with Crippen LogP contribution in [0, 0.1) is 12.8 Å². The molecule has 33 heavy (non-hydrogen) atoms. The zero-order chi connectivity index (χ0) is 23.8. The van der Waals surface area contributed by atoms with Crippen LogP contribution >= 0.6 is 0 Å². The first-order valence-electron chi connectivity index (χ1n) is 12.3. The van der Waals surface area contributed by atoms with Gasteiger partial charge in [0.25, 0.3) is 0 Å². The second-order valence-corrected chi connectivity index (χ2v) is 12.0. The van der Waals surface area contributed by atoms with E-state index in [0.29, 0.717) is 5.92 Å². The zero-order valence-corrected chi connectivity index (χ0v) is 20.9. The number of carboxylic acids is 1. The number of carbonyl (C=O) groups is 1. The number of hydrogen-bond donors (Lipinski definition) is 1. The Morgan fingerprint density at radius 3 is 2.15 bits per heavy atom. The summed E-state index contributed by atoms with van der Waals surface area (Å²) in [5.74, 6) is -0.305. The molecule has 2 nitrogen and oxygen atoms in total. The molecule has 3 aliphatic carbocycles. The Morgan fingerprint density at radius 2 is 1.58 bits per heavy atom. The van der Waals surface area contributed by atoms with E-state index >= 15 is 0 Å². The molecule has 5 rings (SSSR count). The Morgan fingerprint density at radius 1 is 0.970 bits per heavy atom. The lowest BCUT2D eigenvalue weighted by atomic mass is 9.62. The summed E-state index contributed by atoms with van der Waals surface area (Å²) in [7, 11) is 0. The highest BCUT2D eigenvalue weighted by atomic mass is 16.4. The van der Waals surface area contributed by atoms with Gasteiger partial charge in [0, 0.05) is 11.5 Å². The van der Waals surface area contributed by atoms with Crippen molar-refractivity contribution in [1.82, 2.24) is 0 Å². The van der Waals surface area contributed by atoms with Gasteiger partial charge in [0.05, 0.1) is 0 Å². The Labute approximate surface area is 198 Å². The maximum atomic E-state index is 11.0. The highest BCUT2D eigenvalue weighted by molar-refractivity contribution is 5.89. The first-order chi connectivity index (χ1) is 15.4. The minimum absolute atomic E-state index is 0.236. The summed E-state index contributed by atoms with van der Waals surface area (Å²) in [5.41, 5.74) is 11.4. The van der Waals surface area contributed by atoms with Crippen LogP contribution in [0.25, 0.3) is 11.1 Å². The molecule has 3 aliphatic rings. The molecule has 2 atom stereocenters. The van der Waals surface area contributed by atoms with Crippen molar-refractivity contribution in [3.05, 3.63) is 81.9 Å². The average Bonchev–Trinajstić information content (AvgIpc) is 3.36. The molecule has 0 aliphatic heterocycles. The molecule has 2 aromatic rings. The van der Waals surface area contributed by atoms with Crippen molar-refractivity contribution in [3.63, 3.8) is 0 Å². The van der Waals surface area contributed by atoms with Crippen LogP contribution in [-0.4, -0.2) is 11.1 Å². The lowest BCUT2D eigenvalue weighted by Gasteiger charge is -2.43. The molecule has 0 heterocycles. The first kappa shape index (κ1) is 22.2. The van der Waals surface area contributed by atoms with E-state index in [-0.39, 0.29) is 16.2 Å². The van der Waals surface area contributed by atoms with Gasteiger partial charge in [-0.2, -0.15) is 0 Å². The van der Waals surface area contributed by atoms with Gasteiger partial charge in [0.2, 0.25) is 0 Å². The van der Waals surface area contributed by atoms with Crippen LogP contribution in [0.4, 0.5) is 0 Å². The molecule has 1 saturated carbocycles. The molecule has 2 heteroatoms. The van der Waals surface area contributed by atoms with Crippen molar-refractivity contribution in [3.8, 4) is 0 Å². The Balaban J connectivity index is 1.45. The van der Waals surface area contributed by atoms with Gasteiger partial charge in [0.1, 0.15) is 0 Å². The monoisotopic (exact) mass is 440 g/mol. The van der Waals surface area contributed by atoms with Crippen LogP contribution in [0.15, 0.2) is 48.6 Å². The normalized spacial score (nSPS) is 26.9. The second kappa shape index (κ2) is 7.19. The summed E-state index contributed by atoms with van der Waals surface area (Å²) in [6.07, 6.45) is 8.59. The fourth-order valence-corrected chi connectivity index (χ4v) is 6.55. The molecule has 1 N–H and O–H groups in total. The van der Waals surface area contributed by atoms with E-state index < -0.39 is 5.97 Å². The fraction of sp³-hybridized carbons (Fsp3) is 0.452. The smallest absolute Gasteiger partial charge is 0.328 e. The second-order valence-electron chi connectivity index (χ2n) is 12.0. The molecule has 172 valence electrons. The lowest BCUT2D eigenvalue weighted by molar-refractivity contribution is -0.131. The minimum atomic E-state index is -0.898. The third-order valence-corrected chi connectivity index (χ3v) is 8.88. The number of fused-ring (bicyclic) bond motifs is 2. The van der Waals surface area contributed by atoms with Crippen LogP contribution in [0.3, 0.4) is 0 Å². The number of allylic oxidation sites excluding steroid dienone is 3. The summed E-state index contributed by atoms with van der Waals surface area (Å²) >= 11 is 0. The van der Waals surface area contributed by atoms with Gasteiger partial charge in [0.15, 0.2) is 0 Å². The quantitative estimate of drug-likeness (QED) is 0.498. The van der Waals surface area contributed by atoms with Crippen LogP contribution in [0.1, 0.15) is 93.7 Å². The van der Waals surface area contributed by atoms with Gasteiger partial charge in [-0.1, -0.05) is 70.2 Å². The molecule has 2 unspecified atom stereocenters. The van der Waals surface area contributed by atoms with E-state index in [1.807, 2.05) is 6.92 Å². The lowest BCUT2D eigenvalue weighted by Crippen LogP contribution is -2.34. The first-order valence-corrected chi connectivity index (χ1v) is 12.3. The topological polar surface area (TPSA) is 37.3 Å². The van der Waals surface area contributed by atoms with Crippen molar-refractivity contribution in [1.29, 1.82) is 0 Å². The Bertz CT molecular complexity index is 1210. The van der Waals surface area contributed by atoms with E-state index in [0.717, 1.165) is 17.6 Å². The summed E-state index contributed by atoms with van der Waals surface area (Å²) < 4.78 is 0. The molecule has 0 amide bonds. The van der Waals surface area contributed by atoms with Crippen LogP contribution < -0.4 is 0 Å². The van der Waals surface area contributed by atoms with Crippen molar-refractivity contribution in [2.24, 2.45) is 5.92 Å². The maximum Gasteiger partial charge on any atom is 0.328 e. The van der Waals surface area contributed by atoms with Crippen LogP contribution in [0.5, 0.6) is 0 Å². The molecule has 0 radical (unpaired) electrons. The SMILES string of the molecule is C/C(=C/C(=O)O)c1ccc(C2=CCC3(c4cc5c(cc4C)C(C)(C)CCC5(C)C)CC23)cc1. The standard InChI is InChI=1S/C31H36O2/c1-19(16-28(32)33)21-7-9-22(10-8-21)23-11-12-31(18-27(23)31)24-17-26-25(15-20(24)2)29(3,4)13-14-30(26,5)6/h7-11,15-17,27H,12-14,18H2,1-6H3,(H,32,33)/b19-16-. The van der Waals surface area contributed by atoms with Crippen molar-refractivity contribution in [2.45, 2.75) is 83.5 Å². The molecule has 0 bridgehead atoms. The molecule has 0 spiro atoms. The van der Waals surface area contributed by atoms with E-state index in [9.17, 15) is 4.79 Å². The number of benzene rings is 2. The molecule has 0 saturated heterocycles.